The summed E-state index contributed by atoms with van der Waals surface area (Å²) in [6.45, 7) is 2.55. The Morgan fingerprint density at radius 2 is 2.11 bits per heavy atom. The molecule has 0 aliphatic carbocycles. The number of rotatable bonds is 5. The fourth-order valence-electron chi connectivity index (χ4n) is 1.60. The van der Waals surface area contributed by atoms with Crippen LogP contribution in [0.25, 0.3) is 0 Å². The minimum absolute atomic E-state index is 0.140. The summed E-state index contributed by atoms with van der Waals surface area (Å²) < 4.78 is 5.93. The maximum atomic E-state index is 12.2. The maximum absolute atomic E-state index is 12.2. The molecule has 1 rings (SSSR count). The molecule has 0 atom stereocenters. The number of hydrogen-bond donors (Lipinski definition) is 0. The quantitative estimate of drug-likeness (QED) is 0.724. The normalized spacial score (nSPS) is 10.1. The standard InChI is InChI=1S/C13H18N2O4/c1-4-15(8-6-12(17)19-3)13(18)10-5-7-14(2)11(16)9-10/h5,7,9H,4,6,8H2,1-3H3. The number of hydrogen-bond acceptors (Lipinski definition) is 4. The van der Waals surface area contributed by atoms with E-state index in [1.165, 1.54) is 22.6 Å². The van der Waals surface area contributed by atoms with Crippen LogP contribution in [0.4, 0.5) is 0 Å². The van der Waals surface area contributed by atoms with Crippen LogP contribution >= 0.6 is 0 Å². The summed E-state index contributed by atoms with van der Waals surface area (Å²) in [6, 6.07) is 2.88. The van der Waals surface area contributed by atoms with Gasteiger partial charge in [-0.2, -0.15) is 0 Å². The summed E-state index contributed by atoms with van der Waals surface area (Å²) in [4.78, 5) is 36.2. The fraction of sp³-hybridized carbons (Fsp3) is 0.462. The summed E-state index contributed by atoms with van der Waals surface area (Å²) in [6.07, 6.45) is 1.69. The molecule has 0 spiro atoms. The Bertz CT molecular complexity index is 522. The number of methoxy groups -OCH3 is 1. The molecular formula is C13H18N2O4. The Balaban J connectivity index is 2.80. The van der Waals surface area contributed by atoms with Crippen molar-refractivity contribution >= 4 is 11.9 Å². The summed E-state index contributed by atoms with van der Waals surface area (Å²) in [5, 5.41) is 0. The lowest BCUT2D eigenvalue weighted by Gasteiger charge is -2.20. The number of carbonyl (C=O) groups is 2. The van der Waals surface area contributed by atoms with Crippen molar-refractivity contribution in [2.24, 2.45) is 7.05 Å². The van der Waals surface area contributed by atoms with Crippen LogP contribution < -0.4 is 5.56 Å². The molecule has 0 bridgehead atoms. The van der Waals surface area contributed by atoms with E-state index in [1.54, 1.807) is 19.3 Å². The smallest absolute Gasteiger partial charge is 0.307 e. The summed E-state index contributed by atoms with van der Waals surface area (Å²) >= 11 is 0. The zero-order chi connectivity index (χ0) is 14.4. The molecular weight excluding hydrogens is 248 g/mol. The average Bonchev–Trinajstić information content (AvgIpc) is 2.41. The van der Waals surface area contributed by atoms with Gasteiger partial charge in [-0.25, -0.2) is 0 Å². The van der Waals surface area contributed by atoms with E-state index in [-0.39, 0.29) is 30.4 Å². The topological polar surface area (TPSA) is 68.6 Å². The van der Waals surface area contributed by atoms with Crippen LogP contribution in [0, 0.1) is 0 Å². The highest BCUT2D eigenvalue weighted by molar-refractivity contribution is 5.94. The number of aromatic nitrogens is 1. The van der Waals surface area contributed by atoms with Gasteiger partial charge in [-0.15, -0.1) is 0 Å². The van der Waals surface area contributed by atoms with Crippen LogP contribution in [0.1, 0.15) is 23.7 Å². The highest BCUT2D eigenvalue weighted by Gasteiger charge is 2.16. The Morgan fingerprint density at radius 3 is 2.63 bits per heavy atom. The fourth-order valence-corrected chi connectivity index (χ4v) is 1.60. The van der Waals surface area contributed by atoms with Crippen LogP contribution in [0.2, 0.25) is 0 Å². The summed E-state index contributed by atoms with van der Waals surface area (Å²) in [7, 11) is 2.92. The molecule has 1 amide bonds. The van der Waals surface area contributed by atoms with Crippen molar-refractivity contribution < 1.29 is 14.3 Å². The third kappa shape index (κ3) is 3.94. The highest BCUT2D eigenvalue weighted by Crippen LogP contribution is 2.03. The first-order chi connectivity index (χ1) is 8.99. The molecule has 104 valence electrons. The van der Waals surface area contributed by atoms with Crippen molar-refractivity contribution in [3.05, 3.63) is 34.2 Å². The number of pyridine rings is 1. The molecule has 1 aromatic rings. The molecule has 0 radical (unpaired) electrons. The van der Waals surface area contributed by atoms with Crippen LogP contribution in [0.3, 0.4) is 0 Å². The van der Waals surface area contributed by atoms with E-state index in [0.29, 0.717) is 12.1 Å². The van der Waals surface area contributed by atoms with Gasteiger partial charge in [0, 0.05) is 38.0 Å². The van der Waals surface area contributed by atoms with Crippen LogP contribution in [-0.4, -0.2) is 41.5 Å². The van der Waals surface area contributed by atoms with E-state index in [2.05, 4.69) is 4.74 Å². The highest BCUT2D eigenvalue weighted by atomic mass is 16.5. The van der Waals surface area contributed by atoms with Gasteiger partial charge in [0.15, 0.2) is 0 Å². The molecule has 0 aliphatic heterocycles. The average molecular weight is 266 g/mol. The number of aryl methyl sites for hydroxylation is 1. The SMILES string of the molecule is CCN(CCC(=O)OC)C(=O)c1ccn(C)c(=O)c1. The van der Waals surface area contributed by atoms with Crippen LogP contribution in [-0.2, 0) is 16.6 Å². The van der Waals surface area contributed by atoms with Gasteiger partial charge in [-0.3, -0.25) is 14.4 Å². The Hall–Kier alpha value is -2.11. The summed E-state index contributed by atoms with van der Waals surface area (Å²) in [5.41, 5.74) is 0.0877. The number of esters is 1. The van der Waals surface area contributed by atoms with Crippen molar-refractivity contribution in [3.8, 4) is 0 Å². The van der Waals surface area contributed by atoms with E-state index in [1.807, 2.05) is 6.92 Å². The van der Waals surface area contributed by atoms with E-state index in [4.69, 9.17) is 0 Å². The number of nitrogens with zero attached hydrogens (tertiary/aromatic N) is 2. The molecule has 19 heavy (non-hydrogen) atoms. The van der Waals surface area contributed by atoms with Crippen molar-refractivity contribution in [3.63, 3.8) is 0 Å². The Morgan fingerprint density at radius 1 is 1.42 bits per heavy atom. The molecule has 0 saturated heterocycles. The molecule has 0 aliphatic rings. The third-order valence-electron chi connectivity index (χ3n) is 2.83. The van der Waals surface area contributed by atoms with Gasteiger partial charge in [0.2, 0.25) is 0 Å². The number of amides is 1. The number of ether oxygens (including phenoxy) is 1. The lowest BCUT2D eigenvalue weighted by atomic mass is 10.2. The van der Waals surface area contributed by atoms with E-state index >= 15 is 0 Å². The van der Waals surface area contributed by atoms with Gasteiger partial charge < -0.3 is 14.2 Å². The lowest BCUT2D eigenvalue weighted by Crippen LogP contribution is -2.34. The monoisotopic (exact) mass is 266 g/mol. The predicted molar refractivity (Wildman–Crippen MR) is 69.9 cm³/mol. The van der Waals surface area contributed by atoms with Gasteiger partial charge in [-0.05, 0) is 13.0 Å². The molecule has 1 heterocycles. The second-order valence-electron chi connectivity index (χ2n) is 4.08. The van der Waals surface area contributed by atoms with E-state index < -0.39 is 0 Å². The van der Waals surface area contributed by atoms with Gasteiger partial charge >= 0.3 is 5.97 Å². The van der Waals surface area contributed by atoms with E-state index in [0.717, 1.165) is 0 Å². The largest absolute Gasteiger partial charge is 0.469 e. The predicted octanol–water partition coefficient (Wildman–Crippen LogP) is 0.410. The van der Waals surface area contributed by atoms with Crippen molar-refractivity contribution in [2.75, 3.05) is 20.2 Å². The minimum atomic E-state index is -0.366. The molecule has 0 unspecified atom stereocenters. The molecule has 0 N–H and O–H groups in total. The first kappa shape index (κ1) is 14.9. The first-order valence-corrected chi connectivity index (χ1v) is 6.02. The first-order valence-electron chi connectivity index (χ1n) is 6.02. The van der Waals surface area contributed by atoms with Crippen molar-refractivity contribution in [1.29, 1.82) is 0 Å². The van der Waals surface area contributed by atoms with Gasteiger partial charge in [0.25, 0.3) is 11.5 Å². The minimum Gasteiger partial charge on any atom is -0.469 e. The second-order valence-corrected chi connectivity index (χ2v) is 4.08. The molecule has 0 aromatic carbocycles. The zero-order valence-electron chi connectivity index (χ0n) is 11.4. The van der Waals surface area contributed by atoms with E-state index in [9.17, 15) is 14.4 Å². The van der Waals surface area contributed by atoms with Gasteiger partial charge in [-0.1, -0.05) is 0 Å². The summed E-state index contributed by atoms with van der Waals surface area (Å²) in [5.74, 6) is -0.626. The Kier molecular flexibility index (Phi) is 5.29. The van der Waals surface area contributed by atoms with Crippen LogP contribution in [0.15, 0.2) is 23.1 Å². The third-order valence-corrected chi connectivity index (χ3v) is 2.83. The van der Waals surface area contributed by atoms with Crippen molar-refractivity contribution in [2.45, 2.75) is 13.3 Å². The number of carbonyl (C=O) groups excluding carboxylic acids is 2. The maximum Gasteiger partial charge on any atom is 0.307 e. The Labute approximate surface area is 111 Å². The second kappa shape index (κ2) is 6.72. The molecule has 1 aromatic heterocycles. The van der Waals surface area contributed by atoms with Crippen molar-refractivity contribution in [1.82, 2.24) is 9.47 Å². The molecule has 0 fully saturated rings. The molecule has 0 saturated carbocycles. The van der Waals surface area contributed by atoms with Gasteiger partial charge in [0.1, 0.15) is 0 Å². The van der Waals surface area contributed by atoms with Gasteiger partial charge in [0.05, 0.1) is 13.5 Å². The lowest BCUT2D eigenvalue weighted by molar-refractivity contribution is -0.140. The molecule has 6 heteroatoms. The zero-order valence-corrected chi connectivity index (χ0v) is 11.4. The molecule has 6 nitrogen and oxygen atoms in total. The van der Waals surface area contributed by atoms with Crippen LogP contribution in [0.5, 0.6) is 0 Å².